The molecule has 0 bridgehead atoms. The number of benzene rings is 2. The maximum absolute atomic E-state index is 14.5. The molecule has 0 aliphatic carbocycles. The number of phenols is 1. The molecular formula is C31H36Br2FN6O8PS2. The van der Waals surface area contributed by atoms with Gasteiger partial charge < -0.3 is 33.9 Å². The number of nitriles is 1. The van der Waals surface area contributed by atoms with Gasteiger partial charge in [0, 0.05) is 30.6 Å². The van der Waals surface area contributed by atoms with Gasteiger partial charge in [0.2, 0.25) is 4.80 Å². The van der Waals surface area contributed by atoms with E-state index in [0.29, 0.717) is 41.6 Å². The molecule has 1 atom stereocenters. The van der Waals surface area contributed by atoms with E-state index in [1.165, 1.54) is 28.6 Å². The van der Waals surface area contributed by atoms with Gasteiger partial charge in [0.15, 0.2) is 12.4 Å². The highest BCUT2D eigenvalue weighted by molar-refractivity contribution is 9.11. The van der Waals surface area contributed by atoms with Crippen molar-refractivity contribution in [3.63, 3.8) is 0 Å². The molecule has 276 valence electrons. The number of carboxylic acids is 1. The molecule has 1 aromatic heterocycles. The predicted molar refractivity (Wildman–Crippen MR) is 200 cm³/mol. The predicted octanol–water partition coefficient (Wildman–Crippen LogP) is 3.70. The Bertz CT molecular complexity index is 1910. The number of aromatic hydroxyl groups is 1. The number of halogens is 3. The molecule has 0 radical (unpaired) electrons. The number of aliphatic carboxylic acids is 1. The summed E-state index contributed by atoms with van der Waals surface area (Å²) < 4.78 is 37.3. The second kappa shape index (κ2) is 19.5. The van der Waals surface area contributed by atoms with Crippen LogP contribution in [0.3, 0.4) is 0 Å². The number of hydrogen-bond donors (Lipinski definition) is 4. The molecule has 3 heterocycles. The van der Waals surface area contributed by atoms with Crippen molar-refractivity contribution in [1.29, 1.82) is 5.26 Å². The van der Waals surface area contributed by atoms with Crippen LogP contribution in [0, 0.1) is 34.9 Å². The minimum atomic E-state index is -4.35. The zero-order chi connectivity index (χ0) is 38.7. The molecule has 2 aliphatic rings. The molecule has 0 saturated carbocycles. The fourth-order valence-corrected chi connectivity index (χ4v) is 6.52. The Hall–Kier alpha value is -3.26. The Morgan fingerprint density at radius 1 is 1.29 bits per heavy atom. The Morgan fingerprint density at radius 2 is 1.90 bits per heavy atom. The van der Waals surface area contributed by atoms with Crippen LogP contribution < -0.4 is 24.6 Å². The molecule has 20 heteroatoms. The van der Waals surface area contributed by atoms with Gasteiger partial charge in [-0.2, -0.15) is 9.64 Å². The van der Waals surface area contributed by atoms with Gasteiger partial charge in [0.1, 0.15) is 30.6 Å². The summed E-state index contributed by atoms with van der Waals surface area (Å²) in [5.74, 6) is 1.86. The van der Waals surface area contributed by atoms with E-state index in [0.717, 1.165) is 18.8 Å². The maximum atomic E-state index is 14.5. The fourth-order valence-electron chi connectivity index (χ4n) is 4.18. The van der Waals surface area contributed by atoms with E-state index < -0.39 is 32.2 Å². The summed E-state index contributed by atoms with van der Waals surface area (Å²) in [6.45, 7) is 4.57. The van der Waals surface area contributed by atoms with Crippen LogP contribution in [0.1, 0.15) is 25.2 Å². The SMILES string of the molecule is C#CCN1C(=O)COc2cc(F)c(/N=c3\snc4n3CC(C)(C)C4)cc21.C[S+](C)C.N#Cc1cc(Br)c(O)c(Br)c1.O=C(O)CNCP(=O)([O-])O. The Balaban J connectivity index is 0.000000298. The maximum Gasteiger partial charge on any atom is 0.317 e. The molecule has 51 heavy (non-hydrogen) atoms. The molecule has 2 aromatic carbocycles. The number of aromatic nitrogens is 2. The number of carboxylic acid groups (broad SMARTS) is 1. The van der Waals surface area contributed by atoms with Crippen molar-refractivity contribution < 1.29 is 43.3 Å². The summed E-state index contributed by atoms with van der Waals surface area (Å²) in [4.78, 5) is 46.3. The number of carbonyl (C=O) groups is 2. The standard InChI is InChI=1S/C18H17FN4O2S.C7H3Br2NO.C3H8NO5P.C3H9S/c1-4-5-22-13-7-12(11(19)6-14(13)25-9-16(22)24)20-17-23-10-18(2,3)8-15(23)21-26-17;8-5-1-4(3-10)2-6(9)7(5)11;5-3(6)1-4-2-10(7,8)9;1-4(2)3/h1,6-7H,5,8-10H2,2-3H3;1-2,11H;4H,1-2H2,(H,5,6)(H2,7,8,9);1-3H3/q;;;+1/p-1/b20-17-;;;. The van der Waals surface area contributed by atoms with Gasteiger partial charge in [-0.25, -0.2) is 9.38 Å². The second-order valence-corrected chi connectivity index (χ2v) is 18.4. The molecule has 1 unspecified atom stereocenters. The quantitative estimate of drug-likeness (QED) is 0.159. The van der Waals surface area contributed by atoms with Gasteiger partial charge in [-0.15, -0.1) is 6.42 Å². The van der Waals surface area contributed by atoms with Crippen LogP contribution in [0.25, 0.3) is 0 Å². The van der Waals surface area contributed by atoms with E-state index >= 15 is 0 Å². The summed E-state index contributed by atoms with van der Waals surface area (Å²) >= 11 is 7.45. The third kappa shape index (κ3) is 14.4. The lowest BCUT2D eigenvalue weighted by molar-refractivity contribution is -0.193. The molecule has 0 saturated heterocycles. The van der Waals surface area contributed by atoms with Crippen LogP contribution in [-0.4, -0.2) is 80.7 Å². The van der Waals surface area contributed by atoms with Gasteiger partial charge in [-0.3, -0.25) is 19.8 Å². The fraction of sp³-hybridized carbons (Fsp3) is 0.387. The highest BCUT2D eigenvalue weighted by atomic mass is 79.9. The van der Waals surface area contributed by atoms with Crippen LogP contribution in [0.5, 0.6) is 11.5 Å². The molecular weight excluding hydrogens is 858 g/mol. The summed E-state index contributed by atoms with van der Waals surface area (Å²) in [7, 11) is -3.71. The average molecular weight is 895 g/mol. The van der Waals surface area contributed by atoms with Crippen LogP contribution in [0.15, 0.2) is 38.2 Å². The molecule has 2 aliphatic heterocycles. The average Bonchev–Trinajstić information content (AvgIpc) is 3.52. The number of anilines is 1. The first-order valence-corrected chi connectivity index (χ1v) is 21.1. The molecule has 0 fully saturated rings. The number of amides is 1. The first kappa shape index (κ1) is 43.9. The Labute approximate surface area is 318 Å². The summed E-state index contributed by atoms with van der Waals surface area (Å²) in [5.41, 5.74) is 1.18. The van der Waals surface area contributed by atoms with Crippen molar-refractivity contribution in [2.24, 2.45) is 10.4 Å². The van der Waals surface area contributed by atoms with Gasteiger partial charge >= 0.3 is 5.97 Å². The number of carbonyl (C=O) groups excluding carboxylic acids is 1. The minimum absolute atomic E-state index is 0.0964. The number of fused-ring (bicyclic) bond motifs is 2. The van der Waals surface area contributed by atoms with Crippen molar-refractivity contribution in [3.05, 3.63) is 55.2 Å². The van der Waals surface area contributed by atoms with Crippen LogP contribution in [-0.2, 0) is 38.0 Å². The molecule has 5 rings (SSSR count). The smallest absolute Gasteiger partial charge is 0.317 e. The normalized spacial score (nSPS) is 15.2. The molecule has 3 aromatic rings. The third-order valence-corrected chi connectivity index (χ3v) is 8.78. The van der Waals surface area contributed by atoms with Crippen LogP contribution >= 0.6 is 51.0 Å². The summed E-state index contributed by atoms with van der Waals surface area (Å²) in [5, 5.41) is 27.7. The number of ether oxygens (including phenoxy) is 1. The lowest BCUT2D eigenvalue weighted by atomic mass is 9.92. The van der Waals surface area contributed by atoms with Crippen LogP contribution in [0.4, 0.5) is 15.8 Å². The van der Waals surface area contributed by atoms with Crippen molar-refractivity contribution in [1.82, 2.24) is 14.3 Å². The number of hydrogen-bond acceptors (Lipinski definition) is 11. The molecule has 14 nitrogen and oxygen atoms in total. The van der Waals surface area contributed by atoms with E-state index in [9.17, 15) is 28.5 Å². The highest BCUT2D eigenvalue weighted by Gasteiger charge is 2.31. The first-order valence-electron chi connectivity index (χ1n) is 14.5. The number of terminal acetylenes is 1. The first-order chi connectivity index (χ1) is 23.7. The van der Waals surface area contributed by atoms with E-state index in [4.69, 9.17) is 26.4 Å². The monoisotopic (exact) mass is 892 g/mol. The molecule has 0 spiro atoms. The van der Waals surface area contributed by atoms with Gasteiger partial charge in [0.25, 0.3) is 5.91 Å². The Kier molecular flexibility index (Phi) is 16.8. The summed E-state index contributed by atoms with van der Waals surface area (Å²) in [6, 6.07) is 7.83. The van der Waals surface area contributed by atoms with E-state index in [1.807, 2.05) is 16.0 Å². The molecule has 1 amide bonds. The zero-order valence-electron chi connectivity index (χ0n) is 28.1. The largest absolute Gasteiger partial charge is 0.778 e. The van der Waals surface area contributed by atoms with Crippen molar-refractivity contribution in [2.45, 2.75) is 26.8 Å². The van der Waals surface area contributed by atoms with Crippen LogP contribution in [0.2, 0.25) is 0 Å². The van der Waals surface area contributed by atoms with Crippen molar-refractivity contribution >= 4 is 85.1 Å². The summed E-state index contributed by atoms with van der Waals surface area (Å²) in [6.07, 6.45) is 12.1. The lowest BCUT2D eigenvalue weighted by Crippen LogP contribution is -2.39. The van der Waals surface area contributed by atoms with E-state index in [-0.39, 0.29) is 35.9 Å². The van der Waals surface area contributed by atoms with Gasteiger partial charge in [-0.05, 0) is 66.4 Å². The number of nitrogens with zero attached hydrogens (tertiary/aromatic N) is 5. The number of nitrogens with one attached hydrogen (secondary N) is 1. The number of phenolic OH excluding ortho intramolecular Hbond substituents is 1. The number of rotatable bonds is 6. The van der Waals surface area contributed by atoms with Crippen molar-refractivity contribution in [3.8, 4) is 29.9 Å². The van der Waals surface area contributed by atoms with Gasteiger partial charge in [-0.1, -0.05) is 19.8 Å². The topological polar surface area (TPSA) is 213 Å². The molecule has 4 N–H and O–H groups in total. The lowest BCUT2D eigenvalue weighted by Gasteiger charge is -2.28. The van der Waals surface area contributed by atoms with E-state index in [1.54, 1.807) is 12.1 Å². The highest BCUT2D eigenvalue weighted by Crippen LogP contribution is 2.38. The van der Waals surface area contributed by atoms with Crippen molar-refractivity contribution in [2.75, 3.05) is 49.6 Å². The minimum Gasteiger partial charge on any atom is -0.778 e. The zero-order valence-corrected chi connectivity index (χ0v) is 33.8. The second-order valence-electron chi connectivity index (χ2n) is 11.9. The van der Waals surface area contributed by atoms with E-state index in [2.05, 4.69) is 79.8 Å². The van der Waals surface area contributed by atoms with Gasteiger partial charge in [0.05, 0.1) is 64.4 Å². The Morgan fingerprint density at radius 3 is 2.43 bits per heavy atom. The third-order valence-electron chi connectivity index (χ3n) is 6.17.